The fourth-order valence-corrected chi connectivity index (χ4v) is 1.82. The molecule has 2 rings (SSSR count). The van der Waals surface area contributed by atoms with Crippen molar-refractivity contribution < 1.29 is 4.39 Å². The Bertz CT molecular complexity index is 477. The van der Waals surface area contributed by atoms with Gasteiger partial charge in [0, 0.05) is 0 Å². The monoisotopic (exact) mass is 229 g/mol. The lowest BCUT2D eigenvalue weighted by Gasteiger charge is -2.05. The molecule has 0 radical (unpaired) electrons. The molecule has 0 aliphatic heterocycles. The lowest BCUT2D eigenvalue weighted by Crippen LogP contribution is -2.10. The fraction of sp³-hybridized carbons (Fsp3) is 0.200. The van der Waals surface area contributed by atoms with Gasteiger partial charge in [0.15, 0.2) is 0 Å². The highest BCUT2D eigenvalue weighted by Crippen LogP contribution is 2.20. The van der Waals surface area contributed by atoms with Gasteiger partial charge in [-0.05, 0) is 48.8 Å². The van der Waals surface area contributed by atoms with Crippen molar-refractivity contribution in [3.63, 3.8) is 0 Å². The molecule has 2 aromatic carbocycles. The van der Waals surface area contributed by atoms with E-state index in [4.69, 9.17) is 0 Å². The topological polar surface area (TPSA) is 12.0 Å². The standard InChI is InChI=1S/C15H16FN/c1-17-10-9-12-3-2-4-14(11-12)13-5-7-15(16)8-6-13/h2-8,11,17H,9-10H2,1H3. The van der Waals surface area contributed by atoms with E-state index in [2.05, 4.69) is 23.5 Å². The van der Waals surface area contributed by atoms with Gasteiger partial charge in [-0.1, -0.05) is 36.4 Å². The highest BCUT2D eigenvalue weighted by Gasteiger charge is 1.99. The van der Waals surface area contributed by atoms with E-state index in [-0.39, 0.29) is 5.82 Å². The zero-order valence-corrected chi connectivity index (χ0v) is 9.91. The lowest BCUT2D eigenvalue weighted by atomic mass is 10.0. The van der Waals surface area contributed by atoms with Crippen molar-refractivity contribution in [1.82, 2.24) is 5.32 Å². The first-order valence-corrected chi connectivity index (χ1v) is 5.79. The van der Waals surface area contributed by atoms with E-state index < -0.39 is 0 Å². The van der Waals surface area contributed by atoms with Gasteiger partial charge in [0.2, 0.25) is 0 Å². The maximum absolute atomic E-state index is 12.8. The maximum atomic E-state index is 12.8. The van der Waals surface area contributed by atoms with Crippen LogP contribution < -0.4 is 5.32 Å². The molecule has 1 N–H and O–H groups in total. The highest BCUT2D eigenvalue weighted by atomic mass is 19.1. The van der Waals surface area contributed by atoms with Crippen LogP contribution in [0.3, 0.4) is 0 Å². The van der Waals surface area contributed by atoms with Crippen molar-refractivity contribution in [1.29, 1.82) is 0 Å². The minimum absolute atomic E-state index is 0.194. The van der Waals surface area contributed by atoms with Crippen LogP contribution in [-0.4, -0.2) is 13.6 Å². The molecule has 2 heteroatoms. The molecule has 0 aliphatic carbocycles. The van der Waals surface area contributed by atoms with E-state index >= 15 is 0 Å². The molecule has 0 aromatic heterocycles. The fourth-order valence-electron chi connectivity index (χ4n) is 1.82. The van der Waals surface area contributed by atoms with Crippen LogP contribution in [0.25, 0.3) is 11.1 Å². The summed E-state index contributed by atoms with van der Waals surface area (Å²) < 4.78 is 12.8. The molecule has 0 unspecified atom stereocenters. The molecular weight excluding hydrogens is 213 g/mol. The number of hydrogen-bond donors (Lipinski definition) is 1. The average molecular weight is 229 g/mol. The summed E-state index contributed by atoms with van der Waals surface area (Å²) in [6.45, 7) is 0.965. The Balaban J connectivity index is 2.23. The second-order valence-electron chi connectivity index (χ2n) is 4.06. The van der Waals surface area contributed by atoms with Crippen molar-refractivity contribution in [3.05, 3.63) is 59.9 Å². The molecule has 0 fully saturated rings. The predicted octanol–water partition coefficient (Wildman–Crippen LogP) is 3.25. The Morgan fingerprint density at radius 2 is 1.76 bits per heavy atom. The van der Waals surface area contributed by atoms with Gasteiger partial charge < -0.3 is 5.32 Å². The predicted molar refractivity (Wildman–Crippen MR) is 69.5 cm³/mol. The van der Waals surface area contributed by atoms with Crippen molar-refractivity contribution >= 4 is 0 Å². The van der Waals surface area contributed by atoms with Crippen LogP contribution in [-0.2, 0) is 6.42 Å². The Morgan fingerprint density at radius 1 is 1.00 bits per heavy atom. The number of hydrogen-bond acceptors (Lipinski definition) is 1. The summed E-state index contributed by atoms with van der Waals surface area (Å²) in [7, 11) is 1.95. The van der Waals surface area contributed by atoms with E-state index in [0.29, 0.717) is 0 Å². The van der Waals surface area contributed by atoms with Crippen molar-refractivity contribution in [2.75, 3.05) is 13.6 Å². The van der Waals surface area contributed by atoms with E-state index in [1.54, 1.807) is 0 Å². The molecule has 0 atom stereocenters. The van der Waals surface area contributed by atoms with Crippen LogP contribution in [0.4, 0.5) is 4.39 Å². The summed E-state index contributed by atoms with van der Waals surface area (Å²) in [6.07, 6.45) is 1.01. The SMILES string of the molecule is CNCCc1cccc(-c2ccc(F)cc2)c1. The van der Waals surface area contributed by atoms with Gasteiger partial charge in [0.25, 0.3) is 0 Å². The summed E-state index contributed by atoms with van der Waals surface area (Å²) in [5.74, 6) is -0.194. The van der Waals surface area contributed by atoms with E-state index in [0.717, 1.165) is 24.1 Å². The van der Waals surface area contributed by atoms with Gasteiger partial charge in [0.05, 0.1) is 0 Å². The largest absolute Gasteiger partial charge is 0.319 e. The second-order valence-corrected chi connectivity index (χ2v) is 4.06. The lowest BCUT2D eigenvalue weighted by molar-refractivity contribution is 0.628. The Morgan fingerprint density at radius 3 is 2.47 bits per heavy atom. The molecule has 0 aliphatic rings. The van der Waals surface area contributed by atoms with Gasteiger partial charge in [-0.25, -0.2) is 4.39 Å². The number of likely N-dealkylation sites (N-methyl/N-ethyl adjacent to an activating group) is 1. The van der Waals surface area contributed by atoms with Crippen LogP contribution in [0.1, 0.15) is 5.56 Å². The molecule has 88 valence electrons. The minimum atomic E-state index is -0.194. The zero-order valence-electron chi connectivity index (χ0n) is 9.91. The summed E-state index contributed by atoms with van der Waals surface area (Å²) in [6, 6.07) is 15.0. The summed E-state index contributed by atoms with van der Waals surface area (Å²) >= 11 is 0. The quantitative estimate of drug-likeness (QED) is 0.848. The van der Waals surface area contributed by atoms with Crippen molar-refractivity contribution in [2.45, 2.75) is 6.42 Å². The number of benzene rings is 2. The van der Waals surface area contributed by atoms with E-state index in [9.17, 15) is 4.39 Å². The Labute approximate surface area is 101 Å². The molecule has 0 amide bonds. The average Bonchev–Trinajstić information content (AvgIpc) is 2.37. The van der Waals surface area contributed by atoms with Crippen molar-refractivity contribution in [2.24, 2.45) is 0 Å². The van der Waals surface area contributed by atoms with Crippen LogP contribution in [0.5, 0.6) is 0 Å². The molecule has 0 saturated heterocycles. The van der Waals surface area contributed by atoms with Crippen molar-refractivity contribution in [3.8, 4) is 11.1 Å². The smallest absolute Gasteiger partial charge is 0.123 e. The first kappa shape index (κ1) is 11.8. The summed E-state index contributed by atoms with van der Waals surface area (Å²) in [5, 5.41) is 3.13. The maximum Gasteiger partial charge on any atom is 0.123 e. The van der Waals surface area contributed by atoms with E-state index in [1.165, 1.54) is 17.7 Å². The highest BCUT2D eigenvalue weighted by molar-refractivity contribution is 5.64. The van der Waals surface area contributed by atoms with Gasteiger partial charge >= 0.3 is 0 Å². The molecule has 2 aromatic rings. The van der Waals surface area contributed by atoms with Gasteiger partial charge in [0.1, 0.15) is 5.82 Å². The molecule has 0 saturated carbocycles. The molecule has 0 bridgehead atoms. The van der Waals surface area contributed by atoms with Crippen LogP contribution >= 0.6 is 0 Å². The molecule has 0 spiro atoms. The first-order valence-electron chi connectivity index (χ1n) is 5.79. The molecule has 1 nitrogen and oxygen atoms in total. The molecule has 17 heavy (non-hydrogen) atoms. The normalized spacial score (nSPS) is 10.5. The third-order valence-electron chi connectivity index (χ3n) is 2.77. The van der Waals surface area contributed by atoms with Gasteiger partial charge in [-0.15, -0.1) is 0 Å². The second kappa shape index (κ2) is 5.60. The molecular formula is C15H16FN. The Kier molecular flexibility index (Phi) is 3.89. The minimum Gasteiger partial charge on any atom is -0.319 e. The number of halogens is 1. The number of rotatable bonds is 4. The van der Waals surface area contributed by atoms with Crippen LogP contribution in [0.2, 0.25) is 0 Å². The van der Waals surface area contributed by atoms with Gasteiger partial charge in [-0.3, -0.25) is 0 Å². The number of nitrogens with one attached hydrogen (secondary N) is 1. The Hall–Kier alpha value is -1.67. The van der Waals surface area contributed by atoms with E-state index in [1.807, 2.05) is 25.2 Å². The van der Waals surface area contributed by atoms with Crippen LogP contribution in [0.15, 0.2) is 48.5 Å². The molecule has 0 heterocycles. The van der Waals surface area contributed by atoms with Crippen LogP contribution in [0, 0.1) is 5.82 Å². The first-order chi connectivity index (χ1) is 8.29. The summed E-state index contributed by atoms with van der Waals surface area (Å²) in [5.41, 5.74) is 3.48. The third-order valence-corrected chi connectivity index (χ3v) is 2.77. The zero-order chi connectivity index (χ0) is 12.1. The van der Waals surface area contributed by atoms with Gasteiger partial charge in [-0.2, -0.15) is 0 Å². The third kappa shape index (κ3) is 3.14. The summed E-state index contributed by atoms with van der Waals surface area (Å²) in [4.78, 5) is 0.